The molecule has 31 heavy (non-hydrogen) atoms. The van der Waals surface area contributed by atoms with Crippen molar-refractivity contribution in [3.05, 3.63) is 77.0 Å². The molecule has 1 atom stereocenters. The third-order valence-corrected chi connectivity index (χ3v) is 5.05. The van der Waals surface area contributed by atoms with Crippen LogP contribution in [0.5, 0.6) is 0 Å². The van der Waals surface area contributed by atoms with Crippen LogP contribution < -0.4 is 10.6 Å². The summed E-state index contributed by atoms with van der Waals surface area (Å²) in [6.07, 6.45) is -0.000582. The van der Waals surface area contributed by atoms with Crippen molar-refractivity contribution in [2.45, 2.75) is 39.3 Å². The second kappa shape index (κ2) is 9.47. The van der Waals surface area contributed by atoms with Gasteiger partial charge >= 0.3 is 12.0 Å². The number of nitrogens with one attached hydrogen (secondary N) is 2. The Morgan fingerprint density at radius 3 is 2.35 bits per heavy atom. The lowest BCUT2D eigenvalue weighted by atomic mass is 9.95. The summed E-state index contributed by atoms with van der Waals surface area (Å²) >= 11 is 0. The summed E-state index contributed by atoms with van der Waals surface area (Å²) in [5.74, 6) is -0.590. The number of anilines is 1. The van der Waals surface area contributed by atoms with Crippen LogP contribution in [0.4, 0.5) is 10.5 Å². The number of hydrogen-bond acceptors (Lipinski definition) is 4. The SMILES string of the molecule is CC1=C(C(=O)OC(C)C)C(c2ccc(NC(=O)Cc3ccccc3)cc2)NC(=O)N1C. The first-order chi connectivity index (χ1) is 14.8. The topological polar surface area (TPSA) is 87.7 Å². The van der Waals surface area contributed by atoms with E-state index in [1.165, 1.54) is 4.90 Å². The van der Waals surface area contributed by atoms with Crippen molar-refractivity contribution in [1.29, 1.82) is 0 Å². The fourth-order valence-electron chi connectivity index (χ4n) is 3.37. The van der Waals surface area contributed by atoms with Crippen LogP contribution in [0.25, 0.3) is 0 Å². The van der Waals surface area contributed by atoms with Crippen molar-refractivity contribution >= 4 is 23.6 Å². The van der Waals surface area contributed by atoms with Crippen LogP contribution in [0.2, 0.25) is 0 Å². The first-order valence-electron chi connectivity index (χ1n) is 10.2. The zero-order chi connectivity index (χ0) is 22.5. The number of ether oxygens (including phenoxy) is 1. The van der Waals surface area contributed by atoms with Gasteiger partial charge in [0.1, 0.15) is 0 Å². The van der Waals surface area contributed by atoms with Gasteiger partial charge in [-0.25, -0.2) is 9.59 Å². The molecule has 1 aliphatic heterocycles. The van der Waals surface area contributed by atoms with Crippen molar-refractivity contribution in [1.82, 2.24) is 10.2 Å². The van der Waals surface area contributed by atoms with Crippen LogP contribution in [0.15, 0.2) is 65.9 Å². The highest BCUT2D eigenvalue weighted by Gasteiger charge is 2.35. The summed E-state index contributed by atoms with van der Waals surface area (Å²) < 4.78 is 5.40. The maximum Gasteiger partial charge on any atom is 0.338 e. The van der Waals surface area contributed by atoms with Crippen LogP contribution in [0, 0.1) is 0 Å². The third kappa shape index (κ3) is 5.31. The number of amides is 3. The Labute approximate surface area is 182 Å². The monoisotopic (exact) mass is 421 g/mol. The predicted octanol–water partition coefficient (Wildman–Crippen LogP) is 3.79. The van der Waals surface area contributed by atoms with E-state index in [0.717, 1.165) is 11.1 Å². The zero-order valence-electron chi connectivity index (χ0n) is 18.1. The van der Waals surface area contributed by atoms with Crippen molar-refractivity contribution in [2.24, 2.45) is 0 Å². The van der Waals surface area contributed by atoms with Gasteiger partial charge in [0.05, 0.1) is 24.1 Å². The minimum absolute atomic E-state index is 0.122. The van der Waals surface area contributed by atoms with Crippen LogP contribution in [-0.2, 0) is 20.7 Å². The molecule has 3 amide bonds. The molecule has 3 rings (SSSR count). The van der Waals surface area contributed by atoms with Gasteiger partial charge in [-0.2, -0.15) is 0 Å². The largest absolute Gasteiger partial charge is 0.459 e. The number of benzene rings is 2. The normalized spacial score (nSPS) is 16.2. The molecular weight excluding hydrogens is 394 g/mol. The van der Waals surface area contributed by atoms with Crippen molar-refractivity contribution in [3.8, 4) is 0 Å². The average molecular weight is 421 g/mol. The van der Waals surface area contributed by atoms with E-state index in [9.17, 15) is 14.4 Å². The van der Waals surface area contributed by atoms with E-state index in [2.05, 4.69) is 10.6 Å². The predicted molar refractivity (Wildman–Crippen MR) is 118 cm³/mol. The van der Waals surface area contributed by atoms with Gasteiger partial charge in [0.15, 0.2) is 0 Å². The Morgan fingerprint density at radius 2 is 1.74 bits per heavy atom. The van der Waals surface area contributed by atoms with Crippen molar-refractivity contribution < 1.29 is 19.1 Å². The Morgan fingerprint density at radius 1 is 1.10 bits per heavy atom. The molecule has 1 heterocycles. The number of esters is 1. The van der Waals surface area contributed by atoms with Crippen LogP contribution in [0.3, 0.4) is 0 Å². The van der Waals surface area contributed by atoms with Crippen LogP contribution in [-0.4, -0.2) is 36.0 Å². The Bertz CT molecular complexity index is 997. The number of hydrogen-bond donors (Lipinski definition) is 2. The summed E-state index contributed by atoms with van der Waals surface area (Å²) in [6, 6.07) is 15.6. The summed E-state index contributed by atoms with van der Waals surface area (Å²) in [5, 5.41) is 5.72. The number of urea groups is 1. The lowest BCUT2D eigenvalue weighted by Gasteiger charge is -2.33. The number of allylic oxidation sites excluding steroid dienone is 1. The van der Waals surface area contributed by atoms with E-state index in [-0.39, 0.29) is 24.5 Å². The Kier molecular flexibility index (Phi) is 6.74. The van der Waals surface area contributed by atoms with E-state index in [0.29, 0.717) is 17.0 Å². The quantitative estimate of drug-likeness (QED) is 0.695. The molecule has 0 saturated carbocycles. The molecule has 7 nitrogen and oxygen atoms in total. The second-order valence-corrected chi connectivity index (χ2v) is 7.73. The van der Waals surface area contributed by atoms with Gasteiger partial charge in [0.2, 0.25) is 5.91 Å². The molecule has 1 unspecified atom stereocenters. The molecule has 0 spiro atoms. The van der Waals surface area contributed by atoms with E-state index >= 15 is 0 Å². The van der Waals surface area contributed by atoms with Crippen LogP contribution >= 0.6 is 0 Å². The lowest BCUT2D eigenvalue weighted by molar-refractivity contribution is -0.143. The molecule has 0 aromatic heterocycles. The summed E-state index contributed by atoms with van der Waals surface area (Å²) in [5.41, 5.74) is 3.21. The highest BCUT2D eigenvalue weighted by molar-refractivity contribution is 5.95. The van der Waals surface area contributed by atoms with Gasteiger partial charge in [-0.1, -0.05) is 42.5 Å². The first-order valence-corrected chi connectivity index (χ1v) is 10.2. The highest BCUT2D eigenvalue weighted by atomic mass is 16.5. The molecule has 7 heteroatoms. The molecular formula is C24H27N3O4. The van der Waals surface area contributed by atoms with Gasteiger partial charge in [-0.15, -0.1) is 0 Å². The number of carbonyl (C=O) groups excluding carboxylic acids is 3. The van der Waals surface area contributed by atoms with Crippen LogP contribution in [0.1, 0.15) is 37.9 Å². The smallest absolute Gasteiger partial charge is 0.338 e. The molecule has 2 aromatic rings. The van der Waals surface area contributed by atoms with Gasteiger partial charge in [0, 0.05) is 18.4 Å². The van der Waals surface area contributed by atoms with Gasteiger partial charge in [-0.05, 0) is 44.0 Å². The van der Waals surface area contributed by atoms with Gasteiger partial charge < -0.3 is 20.3 Å². The Hall–Kier alpha value is -3.61. The number of nitrogens with zero attached hydrogens (tertiary/aromatic N) is 1. The van der Waals surface area contributed by atoms with Gasteiger partial charge in [0.25, 0.3) is 0 Å². The highest BCUT2D eigenvalue weighted by Crippen LogP contribution is 2.31. The molecule has 1 aliphatic rings. The molecule has 0 bridgehead atoms. The second-order valence-electron chi connectivity index (χ2n) is 7.73. The first kappa shape index (κ1) is 22.1. The molecule has 162 valence electrons. The van der Waals surface area contributed by atoms with E-state index in [4.69, 9.17) is 4.74 Å². The number of carbonyl (C=O) groups is 3. The van der Waals surface area contributed by atoms with E-state index in [1.807, 2.05) is 30.3 Å². The molecule has 0 aliphatic carbocycles. The third-order valence-electron chi connectivity index (χ3n) is 5.05. The molecule has 0 saturated heterocycles. The van der Waals surface area contributed by atoms with E-state index < -0.39 is 12.0 Å². The Balaban J connectivity index is 1.78. The minimum atomic E-state index is -0.635. The lowest BCUT2D eigenvalue weighted by Crippen LogP contribution is -2.46. The minimum Gasteiger partial charge on any atom is -0.459 e. The fraction of sp³-hybridized carbons (Fsp3) is 0.292. The molecule has 2 aromatic carbocycles. The molecule has 0 radical (unpaired) electrons. The summed E-state index contributed by atoms with van der Waals surface area (Å²) in [7, 11) is 1.61. The summed E-state index contributed by atoms with van der Waals surface area (Å²) in [6.45, 7) is 5.28. The standard InChI is InChI=1S/C24H27N3O4/c1-15(2)31-23(29)21-16(3)27(4)24(30)26-22(21)18-10-12-19(13-11-18)25-20(28)14-17-8-6-5-7-9-17/h5-13,15,22H,14H2,1-4H3,(H,25,28)(H,26,30). The maximum absolute atomic E-state index is 12.7. The number of rotatable bonds is 6. The van der Waals surface area contributed by atoms with Crippen molar-refractivity contribution in [3.63, 3.8) is 0 Å². The van der Waals surface area contributed by atoms with Gasteiger partial charge in [-0.3, -0.25) is 4.79 Å². The van der Waals surface area contributed by atoms with E-state index in [1.54, 1.807) is 52.1 Å². The zero-order valence-corrected chi connectivity index (χ0v) is 18.1. The molecule has 2 N–H and O–H groups in total. The molecule has 0 fully saturated rings. The van der Waals surface area contributed by atoms with Crippen molar-refractivity contribution in [2.75, 3.05) is 12.4 Å². The fourth-order valence-corrected chi connectivity index (χ4v) is 3.37. The summed E-state index contributed by atoms with van der Waals surface area (Å²) in [4.78, 5) is 38.7. The average Bonchev–Trinajstić information content (AvgIpc) is 2.72. The maximum atomic E-state index is 12.7.